The van der Waals surface area contributed by atoms with E-state index in [9.17, 15) is 5.11 Å². The van der Waals surface area contributed by atoms with Gasteiger partial charge in [0, 0.05) is 20.9 Å². The number of aliphatic hydroxyl groups excluding tert-OH is 1. The first-order valence-electron chi connectivity index (χ1n) is 6.71. The third-order valence-corrected chi connectivity index (χ3v) is 5.00. The van der Waals surface area contributed by atoms with E-state index in [2.05, 4.69) is 31.9 Å². The van der Waals surface area contributed by atoms with Crippen LogP contribution in [0, 0.1) is 0 Å². The first kappa shape index (κ1) is 13.6. The summed E-state index contributed by atoms with van der Waals surface area (Å²) in [5.74, 6) is 0.450. The molecule has 0 amide bonds. The lowest BCUT2D eigenvalue weighted by Crippen LogP contribution is -2.46. The summed E-state index contributed by atoms with van der Waals surface area (Å²) in [5, 5.41) is 10.7. The van der Waals surface area contributed by atoms with Crippen LogP contribution in [0.4, 0.5) is 0 Å². The molecule has 2 aromatic rings. The highest BCUT2D eigenvalue weighted by atomic mass is 79.9. The van der Waals surface area contributed by atoms with Crippen molar-refractivity contribution in [2.75, 3.05) is 0 Å². The molecule has 0 saturated carbocycles. The van der Waals surface area contributed by atoms with Gasteiger partial charge in [0.25, 0.3) is 5.79 Å². The van der Waals surface area contributed by atoms with Crippen LogP contribution in [0.5, 0.6) is 11.5 Å². The van der Waals surface area contributed by atoms with Crippen molar-refractivity contribution in [1.82, 2.24) is 0 Å². The Labute approximate surface area is 139 Å². The maximum absolute atomic E-state index is 10.7. The van der Waals surface area contributed by atoms with E-state index in [1.54, 1.807) is 0 Å². The first-order valence-corrected chi connectivity index (χ1v) is 8.30. The molecule has 0 aromatic heterocycles. The zero-order chi connectivity index (χ0) is 14.6. The third-order valence-electron chi connectivity index (χ3n) is 4.01. The number of fused-ring (bicyclic) bond motifs is 2. The molecule has 108 valence electrons. The number of hydrogen-bond acceptors (Lipinski definition) is 3. The average Bonchev–Trinajstić information content (AvgIpc) is 2.73. The van der Waals surface area contributed by atoms with Gasteiger partial charge in [-0.2, -0.15) is 0 Å². The molecule has 5 heteroatoms. The summed E-state index contributed by atoms with van der Waals surface area (Å²) < 4.78 is 14.0. The van der Waals surface area contributed by atoms with Gasteiger partial charge in [-0.15, -0.1) is 0 Å². The topological polar surface area (TPSA) is 38.7 Å². The summed E-state index contributed by atoms with van der Waals surface area (Å²) in [6.07, 6.45) is 0.632. The van der Waals surface area contributed by atoms with Crippen molar-refractivity contribution in [2.24, 2.45) is 0 Å². The largest absolute Gasteiger partial charge is 0.449 e. The van der Waals surface area contributed by atoms with Gasteiger partial charge in [0.2, 0.25) is 0 Å². The molecule has 0 fully saturated rings. The molecule has 0 aliphatic carbocycles. The van der Waals surface area contributed by atoms with Gasteiger partial charge in [-0.1, -0.05) is 31.9 Å². The fourth-order valence-electron chi connectivity index (χ4n) is 2.96. The second-order valence-corrected chi connectivity index (χ2v) is 7.18. The fourth-order valence-corrected chi connectivity index (χ4v) is 3.75. The smallest absolute Gasteiger partial charge is 0.281 e. The first-order chi connectivity index (χ1) is 10.1. The fraction of sp³-hybridized carbons (Fsp3) is 0.250. The Morgan fingerprint density at radius 3 is 2.48 bits per heavy atom. The Morgan fingerprint density at radius 2 is 1.67 bits per heavy atom. The zero-order valence-corrected chi connectivity index (χ0v) is 14.1. The van der Waals surface area contributed by atoms with Crippen molar-refractivity contribution in [1.29, 1.82) is 0 Å². The summed E-state index contributed by atoms with van der Waals surface area (Å²) in [7, 11) is 0. The Morgan fingerprint density at radius 1 is 1.00 bits per heavy atom. The highest BCUT2D eigenvalue weighted by Crippen LogP contribution is 2.49. The zero-order valence-electron chi connectivity index (χ0n) is 11.0. The normalized spacial score (nSPS) is 26.0. The van der Waals surface area contributed by atoms with E-state index in [1.807, 2.05) is 36.4 Å². The molecule has 3 nitrogen and oxygen atoms in total. The molecule has 1 spiro atoms. The van der Waals surface area contributed by atoms with E-state index in [1.165, 1.54) is 0 Å². The molecule has 1 N–H and O–H groups in total. The van der Waals surface area contributed by atoms with Gasteiger partial charge in [-0.25, -0.2) is 0 Å². The number of aliphatic hydroxyl groups is 1. The van der Waals surface area contributed by atoms with Gasteiger partial charge in [-0.05, 0) is 48.4 Å². The quantitative estimate of drug-likeness (QED) is 0.699. The van der Waals surface area contributed by atoms with Gasteiger partial charge in [0.05, 0.1) is 0 Å². The average molecular weight is 412 g/mol. The van der Waals surface area contributed by atoms with Crippen LogP contribution in [0.25, 0.3) is 0 Å². The lowest BCUT2D eigenvalue weighted by molar-refractivity contribution is -0.179. The van der Waals surface area contributed by atoms with Crippen molar-refractivity contribution in [3.63, 3.8) is 0 Å². The molecule has 2 aliphatic rings. The van der Waals surface area contributed by atoms with Crippen molar-refractivity contribution in [2.45, 2.75) is 24.7 Å². The van der Waals surface area contributed by atoms with Crippen molar-refractivity contribution >= 4 is 31.9 Å². The van der Waals surface area contributed by atoms with E-state index in [0.717, 1.165) is 32.2 Å². The number of halogens is 2. The van der Waals surface area contributed by atoms with Gasteiger partial charge < -0.3 is 14.6 Å². The predicted octanol–water partition coefficient (Wildman–Crippen LogP) is 4.36. The summed E-state index contributed by atoms with van der Waals surface area (Å²) >= 11 is 6.89. The third kappa shape index (κ3) is 2.10. The van der Waals surface area contributed by atoms with Crippen LogP contribution in [0.1, 0.15) is 23.7 Å². The van der Waals surface area contributed by atoms with Gasteiger partial charge >= 0.3 is 0 Å². The Bertz CT molecular complexity index is 731. The predicted molar refractivity (Wildman–Crippen MR) is 85.6 cm³/mol. The number of aryl methyl sites for hydroxylation is 1. The van der Waals surface area contributed by atoms with Crippen LogP contribution >= 0.6 is 31.9 Å². The lowest BCUT2D eigenvalue weighted by atomic mass is 9.94. The lowest BCUT2D eigenvalue weighted by Gasteiger charge is -2.36. The van der Waals surface area contributed by atoms with E-state index < -0.39 is 11.9 Å². The molecular weight excluding hydrogens is 400 g/mol. The van der Waals surface area contributed by atoms with E-state index in [-0.39, 0.29) is 0 Å². The summed E-state index contributed by atoms with van der Waals surface area (Å²) in [5.41, 5.74) is 1.90. The van der Waals surface area contributed by atoms with Crippen LogP contribution in [-0.2, 0) is 6.42 Å². The molecular formula is C16H12Br2O3. The Balaban J connectivity index is 1.73. The van der Waals surface area contributed by atoms with Gasteiger partial charge in [-0.3, -0.25) is 0 Å². The Kier molecular flexibility index (Phi) is 3.07. The monoisotopic (exact) mass is 410 g/mol. The summed E-state index contributed by atoms with van der Waals surface area (Å²) in [6, 6.07) is 11.5. The standard InChI is InChI=1S/C16H12Br2O3/c17-10-1-3-13-9(7-10)5-6-16(20-13)15(19)12-8-11(18)2-4-14(12)21-16/h1-4,7-8,15,19H,5-6H2/t15-,16+/m0/s1. The molecule has 2 atom stereocenters. The summed E-state index contributed by atoms with van der Waals surface area (Å²) in [4.78, 5) is 0. The number of benzene rings is 2. The molecule has 4 rings (SSSR count). The molecule has 0 saturated heterocycles. The highest BCUT2D eigenvalue weighted by Gasteiger charge is 2.52. The van der Waals surface area contributed by atoms with Crippen LogP contribution in [0.3, 0.4) is 0 Å². The van der Waals surface area contributed by atoms with Gasteiger partial charge in [0.15, 0.2) is 6.10 Å². The van der Waals surface area contributed by atoms with E-state index >= 15 is 0 Å². The minimum Gasteiger partial charge on any atom is -0.449 e. The van der Waals surface area contributed by atoms with Crippen LogP contribution < -0.4 is 9.47 Å². The maximum Gasteiger partial charge on any atom is 0.281 e. The molecule has 0 radical (unpaired) electrons. The molecule has 2 aromatic carbocycles. The molecule has 2 aliphatic heterocycles. The van der Waals surface area contributed by atoms with Crippen LogP contribution in [0.15, 0.2) is 45.3 Å². The summed E-state index contributed by atoms with van der Waals surface area (Å²) in [6.45, 7) is 0. The van der Waals surface area contributed by atoms with Crippen molar-refractivity contribution < 1.29 is 14.6 Å². The Hall–Kier alpha value is -1.04. The number of hydrogen-bond donors (Lipinski definition) is 1. The minimum absolute atomic E-state index is 0.615. The van der Waals surface area contributed by atoms with Crippen LogP contribution in [-0.4, -0.2) is 10.9 Å². The highest BCUT2D eigenvalue weighted by molar-refractivity contribution is 9.10. The van der Waals surface area contributed by atoms with Crippen molar-refractivity contribution in [3.8, 4) is 11.5 Å². The maximum atomic E-state index is 10.7. The molecule has 21 heavy (non-hydrogen) atoms. The number of rotatable bonds is 0. The second-order valence-electron chi connectivity index (χ2n) is 5.35. The minimum atomic E-state index is -1.01. The molecule has 0 bridgehead atoms. The molecule has 0 unspecified atom stereocenters. The SMILES string of the molecule is O[C@H]1c2cc(Br)ccc2O[C@]12CCc1cc(Br)ccc1O2. The van der Waals surface area contributed by atoms with Gasteiger partial charge in [0.1, 0.15) is 11.5 Å². The van der Waals surface area contributed by atoms with Crippen LogP contribution in [0.2, 0.25) is 0 Å². The second kappa shape index (κ2) is 4.73. The van der Waals surface area contributed by atoms with E-state index in [0.29, 0.717) is 12.2 Å². The van der Waals surface area contributed by atoms with E-state index in [4.69, 9.17) is 9.47 Å². The number of ether oxygens (including phenoxy) is 2. The van der Waals surface area contributed by atoms with Crippen molar-refractivity contribution in [3.05, 3.63) is 56.5 Å². The molecule has 2 heterocycles.